The lowest BCUT2D eigenvalue weighted by Crippen LogP contribution is -2.41. The zero-order valence-electron chi connectivity index (χ0n) is 13.6. The molecule has 0 atom stereocenters. The number of urea groups is 1. The average molecular weight is 382 g/mol. The minimum absolute atomic E-state index is 0.292. The number of aromatic nitrogens is 1. The number of hydrogen-bond donors (Lipinski definition) is 2. The highest BCUT2D eigenvalue weighted by Gasteiger charge is 2.19. The first kappa shape index (κ1) is 18.9. The van der Waals surface area contributed by atoms with Crippen molar-refractivity contribution in [3.8, 4) is 10.6 Å². The van der Waals surface area contributed by atoms with Gasteiger partial charge in [0.25, 0.3) is 5.91 Å². The summed E-state index contributed by atoms with van der Waals surface area (Å²) in [6.07, 6.45) is 0. The predicted octanol–water partition coefficient (Wildman–Crippen LogP) is 2.77. The number of hydrogen-bond acceptors (Lipinski definition) is 6. The summed E-state index contributed by atoms with van der Waals surface area (Å²) < 4.78 is 4.94. The molecular weight excluding hydrogens is 366 g/mol. The Hall–Kier alpha value is -2.45. The van der Waals surface area contributed by atoms with Crippen LogP contribution in [-0.4, -0.2) is 36.0 Å². The summed E-state index contributed by atoms with van der Waals surface area (Å²) in [4.78, 5) is 39.5. The van der Waals surface area contributed by atoms with Crippen LogP contribution < -0.4 is 10.6 Å². The number of amides is 3. The molecule has 0 saturated carbocycles. The Morgan fingerprint density at radius 3 is 2.76 bits per heavy atom. The van der Waals surface area contributed by atoms with Gasteiger partial charge in [-0.25, -0.2) is 14.6 Å². The van der Waals surface area contributed by atoms with Crippen LogP contribution in [0, 0.1) is 6.92 Å². The van der Waals surface area contributed by atoms with Crippen LogP contribution in [-0.2, 0) is 9.53 Å². The Kier molecular flexibility index (Phi) is 6.49. The molecule has 1 aromatic heterocycles. The van der Waals surface area contributed by atoms with E-state index in [0.717, 1.165) is 16.9 Å². The van der Waals surface area contributed by atoms with E-state index < -0.39 is 24.5 Å². The Morgan fingerprint density at radius 2 is 2.08 bits per heavy atom. The Morgan fingerprint density at radius 1 is 1.32 bits per heavy atom. The van der Waals surface area contributed by atoms with Gasteiger partial charge in [0.2, 0.25) is 0 Å². The minimum atomic E-state index is -0.712. The van der Waals surface area contributed by atoms with Gasteiger partial charge in [0, 0.05) is 17.1 Å². The number of carbonyl (C=O) groups excluding carboxylic acids is 3. The quantitative estimate of drug-likeness (QED) is 0.776. The maximum atomic E-state index is 12.1. The number of thiazole rings is 1. The van der Waals surface area contributed by atoms with Crippen molar-refractivity contribution in [2.45, 2.75) is 13.8 Å². The molecule has 0 spiro atoms. The molecule has 2 aromatic rings. The average Bonchev–Trinajstić information content (AvgIpc) is 2.95. The molecule has 132 valence electrons. The molecule has 7 nitrogen and oxygen atoms in total. The second kappa shape index (κ2) is 8.59. The Balaban J connectivity index is 2.00. The second-order valence-electron chi connectivity index (χ2n) is 4.93. The summed E-state index contributed by atoms with van der Waals surface area (Å²) in [6, 6.07) is 6.47. The van der Waals surface area contributed by atoms with Gasteiger partial charge in [0.05, 0.1) is 5.69 Å². The largest absolute Gasteiger partial charge is 0.451 e. The van der Waals surface area contributed by atoms with E-state index in [1.54, 1.807) is 32.0 Å². The maximum Gasteiger partial charge on any atom is 0.350 e. The lowest BCUT2D eigenvalue weighted by molar-refractivity contribution is -0.123. The molecule has 2 rings (SSSR count). The van der Waals surface area contributed by atoms with Gasteiger partial charge in [0.15, 0.2) is 6.61 Å². The minimum Gasteiger partial charge on any atom is -0.451 e. The first-order chi connectivity index (χ1) is 11.9. The molecular formula is C16H16ClN3O4S. The number of nitrogens with one attached hydrogen (secondary N) is 2. The van der Waals surface area contributed by atoms with Gasteiger partial charge in [-0.3, -0.25) is 10.1 Å². The molecule has 0 aliphatic heterocycles. The molecule has 0 radical (unpaired) electrons. The first-order valence-electron chi connectivity index (χ1n) is 7.39. The number of rotatable bonds is 5. The normalized spacial score (nSPS) is 10.2. The fourth-order valence-corrected chi connectivity index (χ4v) is 3.04. The highest BCUT2D eigenvalue weighted by molar-refractivity contribution is 7.17. The van der Waals surface area contributed by atoms with Crippen LogP contribution in [0.1, 0.15) is 22.3 Å². The van der Waals surface area contributed by atoms with Gasteiger partial charge in [-0.05, 0) is 26.0 Å². The number of aryl methyl sites for hydroxylation is 1. The van der Waals surface area contributed by atoms with Gasteiger partial charge in [-0.2, -0.15) is 0 Å². The molecule has 3 amide bonds. The summed E-state index contributed by atoms with van der Waals surface area (Å²) in [6.45, 7) is 3.22. The zero-order valence-corrected chi connectivity index (χ0v) is 15.2. The molecule has 25 heavy (non-hydrogen) atoms. The van der Waals surface area contributed by atoms with E-state index in [2.05, 4.69) is 10.3 Å². The molecule has 2 N–H and O–H groups in total. The highest BCUT2D eigenvalue weighted by Crippen LogP contribution is 2.29. The van der Waals surface area contributed by atoms with Gasteiger partial charge < -0.3 is 10.1 Å². The summed E-state index contributed by atoms with van der Waals surface area (Å²) in [5.41, 5.74) is 1.28. The summed E-state index contributed by atoms with van der Waals surface area (Å²) in [5, 5.41) is 5.64. The molecule has 0 bridgehead atoms. The van der Waals surface area contributed by atoms with Crippen molar-refractivity contribution in [1.82, 2.24) is 15.6 Å². The molecule has 0 saturated heterocycles. The zero-order chi connectivity index (χ0) is 18.4. The number of imide groups is 1. The van der Waals surface area contributed by atoms with Crippen molar-refractivity contribution >= 4 is 40.8 Å². The highest BCUT2D eigenvalue weighted by atomic mass is 35.5. The van der Waals surface area contributed by atoms with E-state index in [4.69, 9.17) is 16.3 Å². The van der Waals surface area contributed by atoms with Gasteiger partial charge in [-0.1, -0.05) is 23.7 Å². The molecule has 0 aliphatic carbocycles. The number of halogens is 1. The standard InChI is InChI=1S/C16H16ClN3O4S/c1-3-18-16(23)20-12(21)8-24-15(22)13-9(2)19-14(25-13)10-5-4-6-11(17)7-10/h4-7H,3,8H2,1-2H3,(H2,18,20,21,23). The van der Waals surface area contributed by atoms with Crippen molar-refractivity contribution < 1.29 is 19.1 Å². The topological polar surface area (TPSA) is 97.4 Å². The van der Waals surface area contributed by atoms with Crippen LogP contribution >= 0.6 is 22.9 Å². The first-order valence-corrected chi connectivity index (χ1v) is 8.58. The monoisotopic (exact) mass is 381 g/mol. The summed E-state index contributed by atoms with van der Waals surface area (Å²) in [7, 11) is 0. The molecule has 0 aliphatic rings. The molecule has 0 unspecified atom stereocenters. The molecule has 0 fully saturated rings. The van der Waals surface area contributed by atoms with Gasteiger partial charge in [0.1, 0.15) is 9.88 Å². The van der Waals surface area contributed by atoms with Crippen molar-refractivity contribution in [2.75, 3.05) is 13.2 Å². The summed E-state index contributed by atoms with van der Waals surface area (Å²) >= 11 is 7.11. The fraction of sp³-hybridized carbons (Fsp3) is 0.250. The fourth-order valence-electron chi connectivity index (χ4n) is 1.89. The van der Waals surface area contributed by atoms with E-state index in [1.165, 1.54) is 0 Å². The second-order valence-corrected chi connectivity index (χ2v) is 6.36. The number of ether oxygens (including phenoxy) is 1. The van der Waals surface area contributed by atoms with Crippen LogP contribution in [0.25, 0.3) is 10.6 Å². The lowest BCUT2D eigenvalue weighted by atomic mass is 10.2. The Labute approximate surface area is 153 Å². The molecule has 1 heterocycles. The van der Waals surface area contributed by atoms with Crippen molar-refractivity contribution in [2.24, 2.45) is 0 Å². The molecule has 9 heteroatoms. The van der Waals surface area contributed by atoms with E-state index in [1.807, 2.05) is 11.4 Å². The van der Waals surface area contributed by atoms with Gasteiger partial charge in [-0.15, -0.1) is 11.3 Å². The van der Waals surface area contributed by atoms with Crippen LogP contribution in [0.2, 0.25) is 5.02 Å². The van der Waals surface area contributed by atoms with Crippen LogP contribution in [0.15, 0.2) is 24.3 Å². The predicted molar refractivity (Wildman–Crippen MR) is 94.8 cm³/mol. The Bertz CT molecular complexity index is 806. The third-order valence-electron chi connectivity index (χ3n) is 2.98. The lowest BCUT2D eigenvalue weighted by Gasteiger charge is -2.05. The summed E-state index contributed by atoms with van der Waals surface area (Å²) in [5.74, 6) is -1.38. The third kappa shape index (κ3) is 5.27. The van der Waals surface area contributed by atoms with Crippen molar-refractivity contribution in [3.63, 3.8) is 0 Å². The SMILES string of the molecule is CCNC(=O)NC(=O)COC(=O)c1sc(-c2cccc(Cl)c2)nc1C. The van der Waals surface area contributed by atoms with Crippen LogP contribution in [0.3, 0.4) is 0 Å². The number of esters is 1. The third-order valence-corrected chi connectivity index (χ3v) is 4.40. The van der Waals surface area contributed by atoms with Crippen molar-refractivity contribution in [3.05, 3.63) is 39.9 Å². The van der Waals surface area contributed by atoms with Crippen LogP contribution in [0.5, 0.6) is 0 Å². The number of carbonyl (C=O) groups is 3. The molecule has 1 aromatic carbocycles. The number of benzene rings is 1. The van der Waals surface area contributed by atoms with E-state index in [-0.39, 0.29) is 0 Å². The van der Waals surface area contributed by atoms with Crippen molar-refractivity contribution in [1.29, 1.82) is 0 Å². The van der Waals surface area contributed by atoms with E-state index >= 15 is 0 Å². The van der Waals surface area contributed by atoms with E-state index in [0.29, 0.717) is 27.1 Å². The smallest absolute Gasteiger partial charge is 0.350 e. The van der Waals surface area contributed by atoms with Gasteiger partial charge >= 0.3 is 12.0 Å². The van der Waals surface area contributed by atoms with Crippen LogP contribution in [0.4, 0.5) is 4.79 Å². The number of nitrogens with zero attached hydrogens (tertiary/aromatic N) is 1. The maximum absolute atomic E-state index is 12.1. The van der Waals surface area contributed by atoms with E-state index in [9.17, 15) is 14.4 Å².